The summed E-state index contributed by atoms with van der Waals surface area (Å²) in [7, 11) is 0. The first-order valence-electron chi connectivity index (χ1n) is 2.14. The maximum Gasteiger partial charge on any atom is 0.145 e. The molecule has 0 fully saturated rings. The predicted molar refractivity (Wildman–Crippen MR) is 24.0 cm³/mol. The Hall–Kier alpha value is -0.990. The zero-order valence-electron chi connectivity index (χ0n) is 4.21. The molecule has 3 heteroatoms. The smallest absolute Gasteiger partial charge is 0.145 e. The van der Waals surface area contributed by atoms with E-state index in [9.17, 15) is 13.2 Å². The predicted octanol–water partition coefficient (Wildman–Crippen LogP) is 1.70. The molecule has 0 saturated heterocycles. The lowest BCUT2D eigenvalue weighted by atomic mass is 10.3. The molecule has 2 radical (unpaired) electrons. The minimum atomic E-state index is -1.15. The van der Waals surface area contributed by atoms with Gasteiger partial charge in [0, 0.05) is 6.07 Å². The topological polar surface area (TPSA) is 0 Å². The molecule has 0 N–H and O–H groups in total. The van der Waals surface area contributed by atoms with Crippen LogP contribution in [-0.4, -0.2) is 0 Å². The van der Waals surface area contributed by atoms with Gasteiger partial charge in [-0.2, -0.15) is 0 Å². The van der Waals surface area contributed by atoms with Gasteiger partial charge in [0.2, 0.25) is 0 Å². The fraction of sp³-hybridized carbons (Fsp3) is 0. The van der Waals surface area contributed by atoms with Crippen molar-refractivity contribution in [3.63, 3.8) is 0 Å². The van der Waals surface area contributed by atoms with Crippen molar-refractivity contribution in [2.24, 2.45) is 0 Å². The van der Waals surface area contributed by atoms with Gasteiger partial charge in [0.25, 0.3) is 0 Å². The van der Waals surface area contributed by atoms with Crippen molar-refractivity contribution in [3.8, 4) is 0 Å². The highest BCUT2D eigenvalue weighted by molar-refractivity contribution is 5.04. The summed E-state index contributed by atoms with van der Waals surface area (Å²) in [5.41, 5.74) is 0. The Bertz CT molecular complexity index is 169. The van der Waals surface area contributed by atoms with Gasteiger partial charge < -0.3 is 0 Å². The summed E-state index contributed by atoms with van der Waals surface area (Å²) < 4.78 is 35.6. The molecule has 0 nitrogen and oxygen atoms in total. The molecule has 9 heavy (non-hydrogen) atoms. The number of halogens is 3. The third-order valence-electron chi connectivity index (χ3n) is 0.712. The summed E-state index contributed by atoms with van der Waals surface area (Å²) in [5.74, 6) is -3.25. The molecule has 0 saturated carbocycles. The van der Waals surface area contributed by atoms with Crippen molar-refractivity contribution >= 4 is 0 Å². The minimum absolute atomic E-state index is 0.503. The largest absolute Gasteiger partial charge is 0.206 e. The van der Waals surface area contributed by atoms with E-state index in [1.54, 1.807) is 12.1 Å². The first-order valence-corrected chi connectivity index (χ1v) is 2.14. The van der Waals surface area contributed by atoms with Crippen molar-refractivity contribution < 1.29 is 13.2 Å². The number of rotatable bonds is 0. The lowest BCUT2D eigenvalue weighted by molar-refractivity contribution is 0.538. The molecule has 1 aromatic rings. The third-order valence-corrected chi connectivity index (χ3v) is 0.712. The highest BCUT2D eigenvalue weighted by atomic mass is 19.1. The Morgan fingerprint density at radius 2 is 1.44 bits per heavy atom. The van der Waals surface area contributed by atoms with Gasteiger partial charge in [0.1, 0.15) is 17.5 Å². The van der Waals surface area contributed by atoms with E-state index in [-0.39, 0.29) is 0 Å². The number of hydrogen-bond acceptors (Lipinski definition) is 0. The maximum atomic E-state index is 11.9. The maximum absolute atomic E-state index is 11.9. The fourth-order valence-electron chi connectivity index (χ4n) is 0.424. The average molecular weight is 130 g/mol. The normalized spacial score (nSPS) is 9.67. The van der Waals surface area contributed by atoms with E-state index < -0.39 is 17.5 Å². The first kappa shape index (κ1) is 6.13. The van der Waals surface area contributed by atoms with E-state index in [1.807, 2.05) is 0 Å². The molecular formula is C6HF3. The van der Waals surface area contributed by atoms with E-state index in [0.29, 0.717) is 6.07 Å². The summed E-state index contributed by atoms with van der Waals surface area (Å²) in [6.45, 7) is 0. The summed E-state index contributed by atoms with van der Waals surface area (Å²) in [5, 5.41) is 0. The van der Waals surface area contributed by atoms with Gasteiger partial charge in [0.05, 0.1) is 12.1 Å². The Morgan fingerprint density at radius 1 is 1.00 bits per heavy atom. The van der Waals surface area contributed by atoms with Gasteiger partial charge in [-0.1, -0.05) is 0 Å². The second-order valence-electron chi connectivity index (χ2n) is 1.40. The van der Waals surface area contributed by atoms with E-state index in [1.165, 1.54) is 0 Å². The SMILES string of the molecule is Fc1[c]c(F)cc(F)[c]1. The van der Waals surface area contributed by atoms with Crippen LogP contribution in [-0.2, 0) is 0 Å². The molecule has 0 spiro atoms. The zero-order valence-corrected chi connectivity index (χ0v) is 4.21. The van der Waals surface area contributed by atoms with Crippen molar-refractivity contribution in [1.29, 1.82) is 0 Å². The highest BCUT2D eigenvalue weighted by Gasteiger charge is 1.98. The summed E-state index contributed by atoms with van der Waals surface area (Å²) in [6, 6.07) is 3.67. The van der Waals surface area contributed by atoms with Crippen LogP contribution in [0.3, 0.4) is 0 Å². The van der Waals surface area contributed by atoms with Gasteiger partial charge in [-0.25, -0.2) is 13.2 Å². The molecule has 0 aromatic heterocycles. The molecule has 1 aromatic carbocycles. The monoisotopic (exact) mass is 130 g/mol. The first-order chi connectivity index (χ1) is 4.18. The molecule has 46 valence electrons. The summed E-state index contributed by atoms with van der Waals surface area (Å²) in [6.07, 6.45) is 0. The van der Waals surface area contributed by atoms with Gasteiger partial charge in [0.15, 0.2) is 0 Å². The average Bonchev–Trinajstić information content (AvgIpc) is 1.59. The van der Waals surface area contributed by atoms with Crippen LogP contribution in [0.25, 0.3) is 0 Å². The molecular weight excluding hydrogens is 129 g/mol. The van der Waals surface area contributed by atoms with Crippen LogP contribution in [0.1, 0.15) is 0 Å². The van der Waals surface area contributed by atoms with E-state index >= 15 is 0 Å². The molecule has 0 amide bonds. The number of hydrogen-bond donors (Lipinski definition) is 0. The molecule has 0 aliphatic rings. The Morgan fingerprint density at radius 3 is 1.78 bits per heavy atom. The van der Waals surface area contributed by atoms with Crippen molar-refractivity contribution in [2.45, 2.75) is 0 Å². The van der Waals surface area contributed by atoms with Gasteiger partial charge in [-0.3, -0.25) is 0 Å². The Balaban J connectivity index is 3.17. The number of benzene rings is 1. The Labute approximate surface area is 49.9 Å². The second-order valence-corrected chi connectivity index (χ2v) is 1.40. The van der Waals surface area contributed by atoms with Crippen LogP contribution in [0.4, 0.5) is 13.2 Å². The van der Waals surface area contributed by atoms with Gasteiger partial charge >= 0.3 is 0 Å². The van der Waals surface area contributed by atoms with Crippen molar-refractivity contribution in [1.82, 2.24) is 0 Å². The molecule has 0 unspecified atom stereocenters. The summed E-state index contributed by atoms with van der Waals surface area (Å²) in [4.78, 5) is 0. The van der Waals surface area contributed by atoms with Crippen molar-refractivity contribution in [3.05, 3.63) is 35.7 Å². The molecule has 0 aliphatic carbocycles. The van der Waals surface area contributed by atoms with E-state index in [4.69, 9.17) is 0 Å². The Kier molecular flexibility index (Phi) is 1.42. The molecule has 1 rings (SSSR count). The van der Waals surface area contributed by atoms with Gasteiger partial charge in [-0.15, -0.1) is 0 Å². The lowest BCUT2D eigenvalue weighted by Gasteiger charge is -1.86. The van der Waals surface area contributed by atoms with Gasteiger partial charge in [-0.05, 0) is 0 Å². The molecule has 0 heterocycles. The zero-order chi connectivity index (χ0) is 6.85. The second kappa shape index (κ2) is 2.09. The quantitative estimate of drug-likeness (QED) is 0.501. The molecule has 0 bridgehead atoms. The van der Waals surface area contributed by atoms with E-state index in [2.05, 4.69) is 0 Å². The fourth-order valence-corrected chi connectivity index (χ4v) is 0.424. The van der Waals surface area contributed by atoms with E-state index in [0.717, 1.165) is 0 Å². The molecule has 0 atom stereocenters. The van der Waals surface area contributed by atoms with Crippen LogP contribution in [0.2, 0.25) is 0 Å². The summed E-state index contributed by atoms with van der Waals surface area (Å²) >= 11 is 0. The van der Waals surface area contributed by atoms with Crippen LogP contribution in [0, 0.1) is 29.6 Å². The minimum Gasteiger partial charge on any atom is -0.206 e. The lowest BCUT2D eigenvalue weighted by Crippen LogP contribution is -1.82. The van der Waals surface area contributed by atoms with Crippen molar-refractivity contribution in [2.75, 3.05) is 0 Å². The van der Waals surface area contributed by atoms with Crippen LogP contribution in [0.5, 0.6) is 0 Å². The highest BCUT2D eigenvalue weighted by Crippen LogP contribution is 2.03. The standard InChI is InChI=1S/C6HF3/c7-4-1-5(8)3-6(9)2-4/h1H. The van der Waals surface area contributed by atoms with Crippen LogP contribution < -0.4 is 0 Å². The molecule has 0 aliphatic heterocycles. The van der Waals surface area contributed by atoms with Crippen LogP contribution >= 0.6 is 0 Å². The third kappa shape index (κ3) is 1.45. The van der Waals surface area contributed by atoms with Crippen LogP contribution in [0.15, 0.2) is 6.07 Å².